The van der Waals surface area contributed by atoms with E-state index in [2.05, 4.69) is 11.9 Å². The summed E-state index contributed by atoms with van der Waals surface area (Å²) in [5, 5.41) is 2.77. The number of thiazole rings is 1. The van der Waals surface area contributed by atoms with Gasteiger partial charge >= 0.3 is 0 Å². The molecule has 0 aliphatic heterocycles. The Morgan fingerprint density at radius 3 is 2.71 bits per heavy atom. The van der Waals surface area contributed by atoms with E-state index < -0.39 is 0 Å². The summed E-state index contributed by atoms with van der Waals surface area (Å²) in [6.07, 6.45) is 6.22. The summed E-state index contributed by atoms with van der Waals surface area (Å²) >= 11 is 1.54. The monoisotopic (exact) mass is 252 g/mol. The van der Waals surface area contributed by atoms with Gasteiger partial charge in [0, 0.05) is 24.0 Å². The lowest BCUT2D eigenvalue weighted by atomic mass is 9.82. The van der Waals surface area contributed by atoms with Crippen LogP contribution < -0.4 is 4.90 Å². The summed E-state index contributed by atoms with van der Waals surface area (Å²) in [7, 11) is 0. The number of anilines is 1. The molecule has 1 aromatic rings. The van der Waals surface area contributed by atoms with Crippen molar-refractivity contribution in [1.29, 1.82) is 0 Å². The zero-order valence-electron chi connectivity index (χ0n) is 10.6. The molecule has 1 saturated carbocycles. The normalized spacial score (nSPS) is 24.6. The highest BCUT2D eigenvalue weighted by Crippen LogP contribution is 2.31. The van der Waals surface area contributed by atoms with E-state index in [0.29, 0.717) is 0 Å². The highest BCUT2D eigenvalue weighted by atomic mass is 32.1. The van der Waals surface area contributed by atoms with Gasteiger partial charge in [0.15, 0.2) is 5.13 Å². The first-order valence-electron chi connectivity index (χ1n) is 6.43. The number of amides is 1. The predicted molar refractivity (Wildman–Crippen MR) is 71.3 cm³/mol. The van der Waals surface area contributed by atoms with E-state index in [-0.39, 0.29) is 11.8 Å². The molecule has 0 bridgehead atoms. The van der Waals surface area contributed by atoms with E-state index in [1.165, 1.54) is 12.8 Å². The van der Waals surface area contributed by atoms with Crippen LogP contribution in [-0.2, 0) is 4.79 Å². The van der Waals surface area contributed by atoms with E-state index in [1.54, 1.807) is 17.5 Å². The lowest BCUT2D eigenvalue weighted by Gasteiger charge is -2.29. The average molecular weight is 252 g/mol. The van der Waals surface area contributed by atoms with Crippen LogP contribution in [0, 0.1) is 11.8 Å². The summed E-state index contributed by atoms with van der Waals surface area (Å²) in [6, 6.07) is 0. The SMILES string of the molecule is CCN(c1nccs1)C(=O)[C@H]1CC[C@@H](C)CC1. The number of carbonyl (C=O) groups excluding carboxylic acids is 1. The molecular weight excluding hydrogens is 232 g/mol. The molecule has 0 radical (unpaired) electrons. The summed E-state index contributed by atoms with van der Waals surface area (Å²) in [5.41, 5.74) is 0. The molecule has 3 nitrogen and oxygen atoms in total. The number of hydrogen-bond acceptors (Lipinski definition) is 3. The van der Waals surface area contributed by atoms with Gasteiger partial charge in [0.1, 0.15) is 0 Å². The van der Waals surface area contributed by atoms with E-state index in [1.807, 2.05) is 17.2 Å². The molecule has 2 rings (SSSR count). The van der Waals surface area contributed by atoms with E-state index in [0.717, 1.165) is 30.4 Å². The molecule has 0 spiro atoms. The van der Waals surface area contributed by atoms with Gasteiger partial charge in [0.05, 0.1) is 0 Å². The predicted octanol–water partition coefficient (Wildman–Crippen LogP) is 3.32. The molecule has 94 valence electrons. The fourth-order valence-corrected chi connectivity index (χ4v) is 3.17. The smallest absolute Gasteiger partial charge is 0.231 e. The zero-order chi connectivity index (χ0) is 12.3. The standard InChI is InChI=1S/C13H20N2OS/c1-3-15(13-14-8-9-17-13)12(16)11-6-4-10(2)5-7-11/h8-11H,3-7H2,1-2H3/t10-,11+. The van der Waals surface area contributed by atoms with Crippen molar-refractivity contribution in [3.05, 3.63) is 11.6 Å². The van der Waals surface area contributed by atoms with Gasteiger partial charge in [-0.25, -0.2) is 4.98 Å². The quantitative estimate of drug-likeness (QED) is 0.826. The molecule has 0 aromatic carbocycles. The number of rotatable bonds is 3. The van der Waals surface area contributed by atoms with Crippen molar-refractivity contribution in [2.45, 2.75) is 39.5 Å². The molecule has 0 saturated heterocycles. The number of carbonyl (C=O) groups is 1. The molecule has 1 amide bonds. The summed E-state index contributed by atoms with van der Waals surface area (Å²) < 4.78 is 0. The average Bonchev–Trinajstić information content (AvgIpc) is 2.84. The third kappa shape index (κ3) is 2.86. The van der Waals surface area contributed by atoms with Crippen LogP contribution in [0.15, 0.2) is 11.6 Å². The van der Waals surface area contributed by atoms with Crippen LogP contribution in [-0.4, -0.2) is 17.4 Å². The van der Waals surface area contributed by atoms with Gasteiger partial charge in [-0.3, -0.25) is 9.69 Å². The molecule has 1 aliphatic carbocycles. The van der Waals surface area contributed by atoms with E-state index >= 15 is 0 Å². The van der Waals surface area contributed by atoms with Crippen molar-refractivity contribution < 1.29 is 4.79 Å². The maximum atomic E-state index is 12.4. The van der Waals surface area contributed by atoms with Crippen molar-refractivity contribution in [2.24, 2.45) is 11.8 Å². The minimum absolute atomic E-state index is 0.218. The molecule has 17 heavy (non-hydrogen) atoms. The zero-order valence-corrected chi connectivity index (χ0v) is 11.4. The molecule has 0 N–H and O–H groups in total. The molecule has 1 heterocycles. The second-order valence-corrected chi connectivity index (χ2v) is 5.73. The highest BCUT2D eigenvalue weighted by Gasteiger charge is 2.28. The number of aromatic nitrogens is 1. The first kappa shape index (κ1) is 12.6. The minimum Gasteiger partial charge on any atom is -0.288 e. The first-order valence-corrected chi connectivity index (χ1v) is 7.31. The first-order chi connectivity index (χ1) is 8.22. The molecule has 4 heteroatoms. The Bertz CT molecular complexity index is 356. The topological polar surface area (TPSA) is 33.2 Å². The van der Waals surface area contributed by atoms with Gasteiger partial charge in [-0.15, -0.1) is 11.3 Å². The van der Waals surface area contributed by atoms with Crippen LogP contribution in [0.25, 0.3) is 0 Å². The van der Waals surface area contributed by atoms with Crippen molar-refractivity contribution in [3.8, 4) is 0 Å². The van der Waals surface area contributed by atoms with Crippen LogP contribution in [0.1, 0.15) is 39.5 Å². The maximum absolute atomic E-state index is 12.4. The Morgan fingerprint density at radius 1 is 1.47 bits per heavy atom. The Kier molecular flexibility index (Phi) is 4.15. The Hall–Kier alpha value is -0.900. The second kappa shape index (κ2) is 5.63. The minimum atomic E-state index is 0.218. The fourth-order valence-electron chi connectivity index (χ4n) is 2.46. The molecule has 1 aliphatic rings. The molecular formula is C13H20N2OS. The Morgan fingerprint density at radius 2 is 2.18 bits per heavy atom. The summed E-state index contributed by atoms with van der Waals surface area (Å²) in [6.45, 7) is 5.02. The lowest BCUT2D eigenvalue weighted by Crippen LogP contribution is -2.37. The van der Waals surface area contributed by atoms with Gasteiger partial charge in [-0.05, 0) is 38.5 Å². The molecule has 0 unspecified atom stereocenters. The number of hydrogen-bond donors (Lipinski definition) is 0. The van der Waals surface area contributed by atoms with Gasteiger partial charge in [-0.2, -0.15) is 0 Å². The molecule has 0 atom stereocenters. The van der Waals surface area contributed by atoms with Crippen molar-refractivity contribution in [1.82, 2.24) is 4.98 Å². The van der Waals surface area contributed by atoms with Crippen LogP contribution in [0.5, 0.6) is 0 Å². The second-order valence-electron chi connectivity index (χ2n) is 4.85. The Labute approximate surface area is 107 Å². The largest absolute Gasteiger partial charge is 0.288 e. The summed E-state index contributed by atoms with van der Waals surface area (Å²) in [5.74, 6) is 1.28. The fraction of sp³-hybridized carbons (Fsp3) is 0.692. The van der Waals surface area contributed by atoms with Crippen molar-refractivity contribution in [3.63, 3.8) is 0 Å². The highest BCUT2D eigenvalue weighted by molar-refractivity contribution is 7.13. The lowest BCUT2D eigenvalue weighted by molar-refractivity contribution is -0.123. The van der Waals surface area contributed by atoms with E-state index in [4.69, 9.17) is 0 Å². The van der Waals surface area contributed by atoms with Crippen LogP contribution in [0.3, 0.4) is 0 Å². The summed E-state index contributed by atoms with van der Waals surface area (Å²) in [4.78, 5) is 18.5. The van der Waals surface area contributed by atoms with Crippen LogP contribution >= 0.6 is 11.3 Å². The van der Waals surface area contributed by atoms with Gasteiger partial charge in [0.25, 0.3) is 0 Å². The van der Waals surface area contributed by atoms with E-state index in [9.17, 15) is 4.79 Å². The Balaban J connectivity index is 2.03. The molecule has 1 aromatic heterocycles. The van der Waals surface area contributed by atoms with Crippen molar-refractivity contribution >= 4 is 22.4 Å². The molecule has 1 fully saturated rings. The van der Waals surface area contributed by atoms with Crippen LogP contribution in [0.2, 0.25) is 0 Å². The van der Waals surface area contributed by atoms with Gasteiger partial charge < -0.3 is 0 Å². The number of nitrogens with zero attached hydrogens (tertiary/aromatic N) is 2. The van der Waals surface area contributed by atoms with Gasteiger partial charge in [-0.1, -0.05) is 6.92 Å². The van der Waals surface area contributed by atoms with Crippen molar-refractivity contribution in [2.75, 3.05) is 11.4 Å². The maximum Gasteiger partial charge on any atom is 0.231 e. The third-order valence-electron chi connectivity index (χ3n) is 3.60. The third-order valence-corrected chi connectivity index (χ3v) is 4.39. The van der Waals surface area contributed by atoms with Gasteiger partial charge in [0.2, 0.25) is 5.91 Å². The van der Waals surface area contributed by atoms with Crippen LogP contribution in [0.4, 0.5) is 5.13 Å².